The number of nitrogens with one attached hydrogen (secondary N) is 1. The number of nitrogens with two attached hydrogens (primary N) is 1. The van der Waals surface area contributed by atoms with Gasteiger partial charge in [0.15, 0.2) is 0 Å². The maximum Gasteiger partial charge on any atom is 0.127 e. The first-order chi connectivity index (χ1) is 5.27. The van der Waals surface area contributed by atoms with Crippen LogP contribution in [0.25, 0.3) is 11.0 Å². The van der Waals surface area contributed by atoms with Crippen LogP contribution in [0.2, 0.25) is 0 Å². The normalized spacial score (nSPS) is 10.6. The first kappa shape index (κ1) is 6.15. The van der Waals surface area contributed by atoms with E-state index in [1.165, 1.54) is 18.5 Å². The van der Waals surface area contributed by atoms with E-state index in [0.717, 1.165) is 0 Å². The van der Waals surface area contributed by atoms with E-state index in [2.05, 4.69) is 9.97 Å². The number of fused-ring (bicyclic) bond motifs is 1. The van der Waals surface area contributed by atoms with Gasteiger partial charge >= 0.3 is 0 Å². The number of anilines is 1. The average Bonchev–Trinajstić information content (AvgIpc) is 2.34. The minimum atomic E-state index is -0.348. The average molecular weight is 151 g/mol. The molecule has 0 saturated carbocycles. The number of nitrogen functional groups attached to an aromatic ring is 1. The van der Waals surface area contributed by atoms with Crippen molar-refractivity contribution in [1.82, 2.24) is 9.97 Å². The van der Waals surface area contributed by atoms with E-state index in [9.17, 15) is 4.39 Å². The maximum atomic E-state index is 12.6. The lowest BCUT2D eigenvalue weighted by Crippen LogP contribution is -1.87. The summed E-state index contributed by atoms with van der Waals surface area (Å²) in [7, 11) is 0. The standard InChI is InChI=1S/C7H6FN3/c8-4-1-5(9)7-6(2-4)10-3-11-7/h1-3H,9H2,(H,10,11). The summed E-state index contributed by atoms with van der Waals surface area (Å²) in [6, 6.07) is 2.61. The molecule has 4 heteroatoms. The molecule has 0 bridgehead atoms. The number of imidazole rings is 1. The molecule has 2 aromatic rings. The van der Waals surface area contributed by atoms with Crippen LogP contribution in [0.5, 0.6) is 0 Å². The van der Waals surface area contributed by atoms with Crippen molar-refractivity contribution in [3.8, 4) is 0 Å². The lowest BCUT2D eigenvalue weighted by molar-refractivity contribution is 0.630. The molecule has 3 N–H and O–H groups in total. The van der Waals surface area contributed by atoms with Gasteiger partial charge in [0.1, 0.15) is 11.3 Å². The molecule has 0 atom stereocenters. The van der Waals surface area contributed by atoms with Crippen LogP contribution in [-0.2, 0) is 0 Å². The van der Waals surface area contributed by atoms with Crippen LogP contribution in [0.1, 0.15) is 0 Å². The topological polar surface area (TPSA) is 54.7 Å². The molecule has 0 aliphatic heterocycles. The van der Waals surface area contributed by atoms with Crippen LogP contribution in [0.15, 0.2) is 18.5 Å². The van der Waals surface area contributed by atoms with Crippen molar-refractivity contribution in [2.75, 3.05) is 5.73 Å². The maximum absolute atomic E-state index is 12.6. The molecular weight excluding hydrogens is 145 g/mol. The Morgan fingerprint density at radius 2 is 2.27 bits per heavy atom. The van der Waals surface area contributed by atoms with Gasteiger partial charge in [-0.25, -0.2) is 9.37 Å². The predicted molar refractivity (Wildman–Crippen MR) is 40.5 cm³/mol. The predicted octanol–water partition coefficient (Wildman–Crippen LogP) is 1.28. The van der Waals surface area contributed by atoms with Crippen LogP contribution in [0, 0.1) is 5.82 Å². The molecule has 0 saturated heterocycles. The second kappa shape index (κ2) is 1.95. The highest BCUT2D eigenvalue weighted by molar-refractivity contribution is 5.86. The van der Waals surface area contributed by atoms with Crippen molar-refractivity contribution in [2.24, 2.45) is 0 Å². The first-order valence-corrected chi connectivity index (χ1v) is 3.15. The number of H-pyrrole nitrogens is 1. The Hall–Kier alpha value is -1.58. The zero-order valence-corrected chi connectivity index (χ0v) is 5.63. The van der Waals surface area contributed by atoms with Gasteiger partial charge in [0, 0.05) is 0 Å². The van der Waals surface area contributed by atoms with E-state index in [4.69, 9.17) is 5.73 Å². The Bertz CT molecular complexity index is 393. The number of rotatable bonds is 0. The third-order valence-corrected chi connectivity index (χ3v) is 1.52. The summed E-state index contributed by atoms with van der Waals surface area (Å²) >= 11 is 0. The fourth-order valence-electron chi connectivity index (χ4n) is 1.04. The van der Waals surface area contributed by atoms with E-state index in [-0.39, 0.29) is 5.82 Å². The SMILES string of the molecule is Nc1cc(F)cc2[nH]cnc12. The van der Waals surface area contributed by atoms with E-state index in [1.54, 1.807) is 0 Å². The first-order valence-electron chi connectivity index (χ1n) is 3.15. The molecule has 2 rings (SSSR count). The number of aromatic amines is 1. The van der Waals surface area contributed by atoms with Crippen LogP contribution in [0.4, 0.5) is 10.1 Å². The third kappa shape index (κ3) is 0.832. The number of aromatic nitrogens is 2. The second-order valence-electron chi connectivity index (χ2n) is 2.29. The van der Waals surface area contributed by atoms with Crippen molar-refractivity contribution in [3.05, 3.63) is 24.3 Å². The number of hydrogen-bond donors (Lipinski definition) is 2. The number of nitrogens with zero attached hydrogens (tertiary/aromatic N) is 1. The highest BCUT2D eigenvalue weighted by Crippen LogP contribution is 2.18. The molecule has 0 aliphatic rings. The van der Waals surface area contributed by atoms with Crippen molar-refractivity contribution in [2.45, 2.75) is 0 Å². The smallest absolute Gasteiger partial charge is 0.127 e. The quantitative estimate of drug-likeness (QED) is 0.557. The summed E-state index contributed by atoms with van der Waals surface area (Å²) in [5.74, 6) is -0.348. The lowest BCUT2D eigenvalue weighted by atomic mass is 10.2. The number of hydrogen-bond acceptors (Lipinski definition) is 2. The van der Waals surface area contributed by atoms with E-state index in [0.29, 0.717) is 16.7 Å². The molecule has 0 amide bonds. The Labute approximate surface area is 62.0 Å². The van der Waals surface area contributed by atoms with Gasteiger partial charge in [-0.1, -0.05) is 0 Å². The molecule has 3 nitrogen and oxygen atoms in total. The molecule has 0 fully saturated rings. The summed E-state index contributed by atoms with van der Waals surface area (Å²) in [6.07, 6.45) is 1.49. The fraction of sp³-hybridized carbons (Fsp3) is 0. The van der Waals surface area contributed by atoms with Gasteiger partial charge in [0.2, 0.25) is 0 Å². The second-order valence-corrected chi connectivity index (χ2v) is 2.29. The molecule has 0 spiro atoms. The minimum Gasteiger partial charge on any atom is -0.397 e. The van der Waals surface area contributed by atoms with Gasteiger partial charge in [0.05, 0.1) is 17.5 Å². The molecule has 1 heterocycles. The number of halogens is 1. The van der Waals surface area contributed by atoms with E-state index in [1.807, 2.05) is 0 Å². The van der Waals surface area contributed by atoms with Crippen LogP contribution in [-0.4, -0.2) is 9.97 Å². The molecule has 0 radical (unpaired) electrons. The Morgan fingerprint density at radius 3 is 3.09 bits per heavy atom. The summed E-state index contributed by atoms with van der Waals surface area (Å²) in [5, 5.41) is 0. The molecule has 1 aromatic carbocycles. The number of benzene rings is 1. The molecule has 1 aromatic heterocycles. The van der Waals surface area contributed by atoms with Gasteiger partial charge in [0.25, 0.3) is 0 Å². The molecule has 0 unspecified atom stereocenters. The van der Waals surface area contributed by atoms with Crippen LogP contribution >= 0.6 is 0 Å². The summed E-state index contributed by atoms with van der Waals surface area (Å²) in [6.45, 7) is 0. The van der Waals surface area contributed by atoms with Crippen molar-refractivity contribution in [1.29, 1.82) is 0 Å². The Kier molecular flexibility index (Phi) is 1.09. The molecule has 11 heavy (non-hydrogen) atoms. The summed E-state index contributed by atoms with van der Waals surface area (Å²) < 4.78 is 12.6. The van der Waals surface area contributed by atoms with Crippen molar-refractivity contribution in [3.63, 3.8) is 0 Å². The zero-order valence-electron chi connectivity index (χ0n) is 5.63. The highest BCUT2D eigenvalue weighted by atomic mass is 19.1. The van der Waals surface area contributed by atoms with Gasteiger partial charge in [-0.3, -0.25) is 0 Å². The van der Waals surface area contributed by atoms with Crippen LogP contribution < -0.4 is 5.73 Å². The molecule has 0 aliphatic carbocycles. The van der Waals surface area contributed by atoms with E-state index < -0.39 is 0 Å². The monoisotopic (exact) mass is 151 g/mol. The van der Waals surface area contributed by atoms with Gasteiger partial charge in [-0.2, -0.15) is 0 Å². The van der Waals surface area contributed by atoms with E-state index >= 15 is 0 Å². The highest BCUT2D eigenvalue weighted by Gasteiger charge is 2.01. The summed E-state index contributed by atoms with van der Waals surface area (Å²) in [4.78, 5) is 6.68. The largest absolute Gasteiger partial charge is 0.397 e. The Morgan fingerprint density at radius 1 is 1.45 bits per heavy atom. The summed E-state index contributed by atoms with van der Waals surface area (Å²) in [5.41, 5.74) is 7.09. The van der Waals surface area contributed by atoms with Gasteiger partial charge in [-0.05, 0) is 12.1 Å². The molecular formula is C7H6FN3. The van der Waals surface area contributed by atoms with Crippen molar-refractivity contribution < 1.29 is 4.39 Å². The third-order valence-electron chi connectivity index (χ3n) is 1.52. The molecule has 56 valence electrons. The Balaban J connectivity index is 2.91. The lowest BCUT2D eigenvalue weighted by Gasteiger charge is -1.93. The van der Waals surface area contributed by atoms with Gasteiger partial charge in [-0.15, -0.1) is 0 Å². The zero-order chi connectivity index (χ0) is 7.84. The van der Waals surface area contributed by atoms with Crippen LogP contribution in [0.3, 0.4) is 0 Å². The minimum absolute atomic E-state index is 0.348. The van der Waals surface area contributed by atoms with Gasteiger partial charge < -0.3 is 10.7 Å². The van der Waals surface area contributed by atoms with Crippen molar-refractivity contribution >= 4 is 16.7 Å². The fourth-order valence-corrected chi connectivity index (χ4v) is 1.04.